The van der Waals surface area contributed by atoms with Crippen LogP contribution in [0.4, 0.5) is 0 Å². The molecule has 25 heavy (non-hydrogen) atoms. The zero-order valence-electron chi connectivity index (χ0n) is 15.7. The van der Waals surface area contributed by atoms with E-state index in [0.29, 0.717) is 5.92 Å². The fraction of sp³-hybridized carbons (Fsp3) is 0.455. The Balaban J connectivity index is 0.000000701. The van der Waals surface area contributed by atoms with Crippen LogP contribution < -0.4 is 5.32 Å². The van der Waals surface area contributed by atoms with E-state index >= 15 is 0 Å². The lowest BCUT2D eigenvalue weighted by Crippen LogP contribution is -2.16. The van der Waals surface area contributed by atoms with Gasteiger partial charge < -0.3 is 5.32 Å². The summed E-state index contributed by atoms with van der Waals surface area (Å²) in [6.45, 7) is 2.32. The van der Waals surface area contributed by atoms with Gasteiger partial charge in [0.05, 0.1) is 4.08 Å². The van der Waals surface area contributed by atoms with Crippen molar-refractivity contribution < 1.29 is 0 Å². The first-order chi connectivity index (χ1) is 12.3. The fourth-order valence-corrected chi connectivity index (χ4v) is 6.59. The number of rotatable bonds is 6. The van der Waals surface area contributed by atoms with Crippen LogP contribution in [0.5, 0.6) is 0 Å². The number of hydrogen-bond acceptors (Lipinski definition) is 3. The molecule has 1 fully saturated rings. The summed E-state index contributed by atoms with van der Waals surface area (Å²) in [6.07, 6.45) is 3.76. The van der Waals surface area contributed by atoms with Gasteiger partial charge in [-0.1, -0.05) is 67.6 Å². The lowest BCUT2D eigenvalue weighted by molar-refractivity contribution is 0.559. The molecule has 0 saturated carbocycles. The van der Waals surface area contributed by atoms with Crippen molar-refractivity contribution in [2.45, 2.75) is 36.2 Å². The van der Waals surface area contributed by atoms with E-state index in [4.69, 9.17) is 0 Å². The highest BCUT2D eigenvalue weighted by Gasteiger charge is 2.37. The molecule has 1 unspecified atom stereocenters. The first-order valence-corrected chi connectivity index (χ1v) is 11.2. The predicted octanol–water partition coefficient (Wildman–Crippen LogP) is 6.13. The van der Waals surface area contributed by atoms with E-state index in [2.05, 4.69) is 96.4 Å². The highest BCUT2D eigenvalue weighted by molar-refractivity contribution is 8.20. The Morgan fingerprint density at radius 3 is 1.96 bits per heavy atom. The van der Waals surface area contributed by atoms with Gasteiger partial charge >= 0.3 is 0 Å². The molecule has 1 heterocycles. The van der Waals surface area contributed by atoms with Crippen molar-refractivity contribution in [2.24, 2.45) is 0 Å². The maximum Gasteiger partial charge on any atom is 0.0860 e. The van der Waals surface area contributed by atoms with Crippen molar-refractivity contribution in [3.05, 3.63) is 71.8 Å². The zero-order valence-corrected chi connectivity index (χ0v) is 17.3. The normalized spacial score (nSPS) is 16.8. The molecule has 3 heteroatoms. The van der Waals surface area contributed by atoms with Crippen LogP contribution in [-0.2, 0) is 4.08 Å². The molecule has 0 radical (unpaired) electrons. The molecular formula is C22H31NS2. The molecule has 0 amide bonds. The molecule has 2 aromatic carbocycles. The second-order valence-electron chi connectivity index (χ2n) is 6.37. The topological polar surface area (TPSA) is 12.0 Å². The van der Waals surface area contributed by atoms with Crippen LogP contribution in [0, 0.1) is 0 Å². The Bertz CT molecular complexity index is 579. The molecule has 136 valence electrons. The predicted molar refractivity (Wildman–Crippen MR) is 117 cm³/mol. The van der Waals surface area contributed by atoms with Crippen LogP contribution in [0.15, 0.2) is 60.7 Å². The molecular weight excluding hydrogens is 342 g/mol. The van der Waals surface area contributed by atoms with E-state index in [1.807, 2.05) is 14.1 Å². The second-order valence-corrected chi connectivity index (χ2v) is 9.42. The zero-order chi connectivity index (χ0) is 18.0. The molecule has 0 aromatic heterocycles. The molecule has 0 bridgehead atoms. The van der Waals surface area contributed by atoms with Crippen molar-refractivity contribution in [1.82, 2.24) is 5.32 Å². The van der Waals surface area contributed by atoms with Crippen molar-refractivity contribution in [2.75, 3.05) is 25.6 Å². The number of nitrogens with one attached hydrogen (secondary N) is 1. The lowest BCUT2D eigenvalue weighted by atomic mass is 9.90. The summed E-state index contributed by atoms with van der Waals surface area (Å²) in [5.74, 6) is 3.24. The van der Waals surface area contributed by atoms with Crippen molar-refractivity contribution >= 4 is 23.5 Å². The largest absolute Gasteiger partial charge is 0.323 e. The third kappa shape index (κ3) is 5.80. The van der Waals surface area contributed by atoms with Gasteiger partial charge in [-0.3, -0.25) is 0 Å². The summed E-state index contributed by atoms with van der Waals surface area (Å²) >= 11 is 4.31. The standard InChI is InChI=1S/C20H24S2.C2H7N/c1-2-17(18-9-5-3-6-10-18)13-14-20(21-15-16-22-20)19-11-7-4-8-12-19;1-3-2/h3-12,17H,2,13-16H2,1H3;3H,1-2H3. The van der Waals surface area contributed by atoms with Gasteiger partial charge in [-0.2, -0.15) is 0 Å². The average Bonchev–Trinajstić information content (AvgIpc) is 3.15. The second kappa shape index (κ2) is 10.9. The minimum Gasteiger partial charge on any atom is -0.323 e. The van der Waals surface area contributed by atoms with E-state index in [0.717, 1.165) is 0 Å². The van der Waals surface area contributed by atoms with Crippen LogP contribution in [-0.4, -0.2) is 25.6 Å². The summed E-state index contributed by atoms with van der Waals surface area (Å²) in [5.41, 5.74) is 3.01. The summed E-state index contributed by atoms with van der Waals surface area (Å²) in [7, 11) is 3.75. The summed E-state index contributed by atoms with van der Waals surface area (Å²) in [6, 6.07) is 22.2. The summed E-state index contributed by atoms with van der Waals surface area (Å²) in [4.78, 5) is 0. The molecule has 3 rings (SSSR count). The van der Waals surface area contributed by atoms with E-state index < -0.39 is 0 Å². The third-order valence-corrected chi connectivity index (χ3v) is 8.15. The maximum absolute atomic E-state index is 2.75. The highest BCUT2D eigenvalue weighted by atomic mass is 32.2. The highest BCUT2D eigenvalue weighted by Crippen LogP contribution is 2.55. The Kier molecular flexibility index (Phi) is 8.94. The van der Waals surface area contributed by atoms with Crippen LogP contribution in [0.1, 0.15) is 43.2 Å². The van der Waals surface area contributed by atoms with Gasteiger partial charge in [-0.05, 0) is 50.4 Å². The molecule has 1 aliphatic heterocycles. The van der Waals surface area contributed by atoms with Crippen molar-refractivity contribution in [3.8, 4) is 0 Å². The van der Waals surface area contributed by atoms with E-state index in [-0.39, 0.29) is 4.08 Å². The number of benzene rings is 2. The lowest BCUT2D eigenvalue weighted by Gasteiger charge is -2.30. The molecule has 1 atom stereocenters. The van der Waals surface area contributed by atoms with Gasteiger partial charge in [0.2, 0.25) is 0 Å². The molecule has 1 nitrogen and oxygen atoms in total. The van der Waals surface area contributed by atoms with Crippen LogP contribution in [0.2, 0.25) is 0 Å². The fourth-order valence-electron chi connectivity index (χ4n) is 3.30. The maximum atomic E-state index is 2.75. The monoisotopic (exact) mass is 373 g/mol. The Labute approximate surface area is 162 Å². The van der Waals surface area contributed by atoms with Gasteiger partial charge in [0.1, 0.15) is 0 Å². The number of thioether (sulfide) groups is 2. The van der Waals surface area contributed by atoms with Gasteiger partial charge in [-0.15, -0.1) is 23.5 Å². The Hall–Kier alpha value is -0.900. The molecule has 1 N–H and O–H groups in total. The van der Waals surface area contributed by atoms with Crippen LogP contribution in [0.3, 0.4) is 0 Å². The first kappa shape index (κ1) is 20.4. The van der Waals surface area contributed by atoms with Gasteiger partial charge in [-0.25, -0.2) is 0 Å². The third-order valence-electron chi connectivity index (χ3n) is 4.55. The van der Waals surface area contributed by atoms with Crippen LogP contribution >= 0.6 is 23.5 Å². The summed E-state index contributed by atoms with van der Waals surface area (Å²) < 4.78 is 0.281. The molecule has 0 aliphatic carbocycles. The first-order valence-electron chi connectivity index (χ1n) is 9.22. The molecule has 0 spiro atoms. The van der Waals surface area contributed by atoms with Gasteiger partial charge in [0.15, 0.2) is 0 Å². The van der Waals surface area contributed by atoms with Crippen molar-refractivity contribution in [1.29, 1.82) is 0 Å². The van der Waals surface area contributed by atoms with E-state index in [9.17, 15) is 0 Å². The Morgan fingerprint density at radius 1 is 0.920 bits per heavy atom. The quantitative estimate of drug-likeness (QED) is 0.654. The minimum absolute atomic E-state index is 0.281. The van der Waals surface area contributed by atoms with Crippen LogP contribution in [0.25, 0.3) is 0 Å². The van der Waals surface area contributed by atoms with Crippen molar-refractivity contribution in [3.63, 3.8) is 0 Å². The molecule has 1 saturated heterocycles. The van der Waals surface area contributed by atoms with E-state index in [1.54, 1.807) is 0 Å². The minimum atomic E-state index is 0.281. The average molecular weight is 374 g/mol. The Morgan fingerprint density at radius 2 is 1.44 bits per heavy atom. The summed E-state index contributed by atoms with van der Waals surface area (Å²) in [5, 5.41) is 2.75. The van der Waals surface area contributed by atoms with Gasteiger partial charge in [0, 0.05) is 11.5 Å². The molecule has 2 aromatic rings. The van der Waals surface area contributed by atoms with Gasteiger partial charge in [0.25, 0.3) is 0 Å². The molecule has 1 aliphatic rings. The number of hydrogen-bond donors (Lipinski definition) is 1. The smallest absolute Gasteiger partial charge is 0.0860 e. The SMILES string of the molecule is CCC(CCC1(c2ccccc2)SCCS1)c1ccccc1.CNC. The van der Waals surface area contributed by atoms with E-state index in [1.165, 1.54) is 41.9 Å².